The van der Waals surface area contributed by atoms with Crippen molar-refractivity contribution in [1.82, 2.24) is 5.32 Å². The van der Waals surface area contributed by atoms with E-state index in [1.165, 1.54) is 12.8 Å². The zero-order valence-corrected chi connectivity index (χ0v) is 10.5. The molecular weight excluding hydrogens is 230 g/mol. The van der Waals surface area contributed by atoms with Gasteiger partial charge in [-0.2, -0.15) is 0 Å². The number of para-hydroxylation sites is 1. The van der Waals surface area contributed by atoms with Crippen molar-refractivity contribution in [2.24, 2.45) is 0 Å². The van der Waals surface area contributed by atoms with Crippen molar-refractivity contribution in [2.45, 2.75) is 25.5 Å². The molecule has 1 aromatic carbocycles. The Bertz CT molecular complexity index is 402. The van der Waals surface area contributed by atoms with Gasteiger partial charge in [-0.1, -0.05) is 12.1 Å². The lowest BCUT2D eigenvalue weighted by molar-refractivity contribution is 0.109. The molecule has 1 aromatic rings. The number of fused-ring (bicyclic) bond motifs is 1. The van der Waals surface area contributed by atoms with E-state index in [2.05, 4.69) is 11.4 Å². The summed E-state index contributed by atoms with van der Waals surface area (Å²) >= 11 is 0. The topological polar surface area (TPSA) is 39.7 Å². The average molecular weight is 249 g/mol. The van der Waals surface area contributed by atoms with Crippen molar-refractivity contribution in [1.29, 1.82) is 0 Å². The molecule has 0 bridgehead atoms. The zero-order valence-electron chi connectivity index (χ0n) is 10.5. The van der Waals surface area contributed by atoms with E-state index in [-0.39, 0.29) is 0 Å². The molecule has 1 atom stereocenters. The van der Waals surface area contributed by atoms with Crippen LogP contribution < -0.4 is 14.8 Å². The molecule has 2 aliphatic rings. The van der Waals surface area contributed by atoms with Gasteiger partial charge in [0.15, 0.2) is 11.5 Å². The third-order valence-corrected chi connectivity index (χ3v) is 3.36. The van der Waals surface area contributed by atoms with Crippen LogP contribution in [0.25, 0.3) is 0 Å². The highest BCUT2D eigenvalue weighted by Gasteiger charge is 2.17. The molecule has 2 aliphatic heterocycles. The van der Waals surface area contributed by atoms with E-state index in [0.717, 1.165) is 36.8 Å². The van der Waals surface area contributed by atoms with Gasteiger partial charge in [0.1, 0.15) is 13.2 Å². The fraction of sp³-hybridized carbons (Fsp3) is 0.571. The quantitative estimate of drug-likeness (QED) is 0.882. The second kappa shape index (κ2) is 5.59. The van der Waals surface area contributed by atoms with Gasteiger partial charge in [0.05, 0.1) is 6.10 Å². The van der Waals surface area contributed by atoms with Crippen molar-refractivity contribution in [3.05, 3.63) is 23.8 Å². The van der Waals surface area contributed by atoms with Gasteiger partial charge in [0, 0.05) is 25.3 Å². The summed E-state index contributed by atoms with van der Waals surface area (Å²) in [6.45, 7) is 3.89. The van der Waals surface area contributed by atoms with Crippen LogP contribution in [0.4, 0.5) is 0 Å². The predicted molar refractivity (Wildman–Crippen MR) is 68.1 cm³/mol. The highest BCUT2D eigenvalue weighted by atomic mass is 16.6. The summed E-state index contributed by atoms with van der Waals surface area (Å²) in [4.78, 5) is 0. The Morgan fingerprint density at radius 2 is 2.11 bits per heavy atom. The molecule has 2 heterocycles. The van der Waals surface area contributed by atoms with Crippen molar-refractivity contribution >= 4 is 0 Å². The minimum Gasteiger partial charge on any atom is -0.486 e. The molecule has 3 rings (SSSR count). The molecule has 0 aliphatic carbocycles. The largest absolute Gasteiger partial charge is 0.486 e. The summed E-state index contributed by atoms with van der Waals surface area (Å²) < 4.78 is 16.8. The van der Waals surface area contributed by atoms with Crippen molar-refractivity contribution in [3.8, 4) is 11.5 Å². The van der Waals surface area contributed by atoms with E-state index in [9.17, 15) is 0 Å². The molecule has 0 spiro atoms. The molecule has 0 aromatic heterocycles. The molecule has 1 fully saturated rings. The third kappa shape index (κ3) is 2.60. The van der Waals surface area contributed by atoms with E-state index < -0.39 is 0 Å². The van der Waals surface area contributed by atoms with Crippen LogP contribution in [0.3, 0.4) is 0 Å². The molecule has 98 valence electrons. The standard InChI is InChI=1S/C14H19NO3/c1-3-11(9-15-10-12-4-2-6-16-12)14-13(5-1)17-7-8-18-14/h1,3,5,12,15H,2,4,6-10H2/t12-/m1/s1. The lowest BCUT2D eigenvalue weighted by atomic mass is 10.1. The van der Waals surface area contributed by atoms with Gasteiger partial charge in [-0.05, 0) is 18.9 Å². The SMILES string of the molecule is c1cc(CNC[C@H]2CCCO2)c2c(c1)OCCO2. The Morgan fingerprint density at radius 1 is 1.17 bits per heavy atom. The Kier molecular flexibility index (Phi) is 3.67. The second-order valence-electron chi connectivity index (χ2n) is 4.71. The number of ether oxygens (including phenoxy) is 3. The number of hydrogen-bond acceptors (Lipinski definition) is 4. The van der Waals surface area contributed by atoms with Gasteiger partial charge >= 0.3 is 0 Å². The smallest absolute Gasteiger partial charge is 0.165 e. The normalized spacial score (nSPS) is 22.1. The fourth-order valence-electron chi connectivity index (χ4n) is 2.45. The molecule has 18 heavy (non-hydrogen) atoms. The summed E-state index contributed by atoms with van der Waals surface area (Å²) in [7, 11) is 0. The summed E-state index contributed by atoms with van der Waals surface area (Å²) in [6, 6.07) is 6.05. The molecule has 0 amide bonds. The molecule has 0 unspecified atom stereocenters. The third-order valence-electron chi connectivity index (χ3n) is 3.36. The Balaban J connectivity index is 1.58. The predicted octanol–water partition coefficient (Wildman–Crippen LogP) is 1.73. The van der Waals surface area contributed by atoms with Crippen molar-refractivity contribution in [2.75, 3.05) is 26.4 Å². The lowest BCUT2D eigenvalue weighted by Gasteiger charge is -2.21. The van der Waals surface area contributed by atoms with Gasteiger partial charge in [-0.15, -0.1) is 0 Å². The number of hydrogen-bond donors (Lipinski definition) is 1. The van der Waals surface area contributed by atoms with Gasteiger partial charge in [-0.3, -0.25) is 0 Å². The van der Waals surface area contributed by atoms with Crippen LogP contribution in [0.1, 0.15) is 18.4 Å². The van der Waals surface area contributed by atoms with Gasteiger partial charge in [0.2, 0.25) is 0 Å². The van der Waals surface area contributed by atoms with Crippen LogP contribution in [0.15, 0.2) is 18.2 Å². The lowest BCUT2D eigenvalue weighted by Crippen LogP contribution is -2.26. The summed E-state index contributed by atoms with van der Waals surface area (Å²) in [6.07, 6.45) is 2.73. The van der Waals surface area contributed by atoms with Gasteiger partial charge in [0.25, 0.3) is 0 Å². The minimum atomic E-state index is 0.377. The highest BCUT2D eigenvalue weighted by molar-refractivity contribution is 5.47. The zero-order chi connectivity index (χ0) is 12.2. The first-order valence-corrected chi connectivity index (χ1v) is 6.63. The minimum absolute atomic E-state index is 0.377. The number of rotatable bonds is 4. The Hall–Kier alpha value is -1.26. The number of nitrogens with one attached hydrogen (secondary N) is 1. The molecule has 1 saturated heterocycles. The molecule has 4 heteroatoms. The van der Waals surface area contributed by atoms with E-state index in [4.69, 9.17) is 14.2 Å². The van der Waals surface area contributed by atoms with Crippen LogP contribution in [0, 0.1) is 0 Å². The van der Waals surface area contributed by atoms with Gasteiger partial charge < -0.3 is 19.5 Å². The monoisotopic (exact) mass is 249 g/mol. The maximum Gasteiger partial charge on any atom is 0.165 e. The molecular formula is C14H19NO3. The van der Waals surface area contributed by atoms with Crippen LogP contribution in [-0.2, 0) is 11.3 Å². The highest BCUT2D eigenvalue weighted by Crippen LogP contribution is 2.33. The number of benzene rings is 1. The maximum atomic E-state index is 5.68. The molecule has 0 radical (unpaired) electrons. The first-order valence-electron chi connectivity index (χ1n) is 6.63. The van der Waals surface area contributed by atoms with Crippen molar-refractivity contribution in [3.63, 3.8) is 0 Å². The second-order valence-corrected chi connectivity index (χ2v) is 4.71. The van der Waals surface area contributed by atoms with Crippen LogP contribution in [0.2, 0.25) is 0 Å². The van der Waals surface area contributed by atoms with Crippen molar-refractivity contribution < 1.29 is 14.2 Å². The molecule has 4 nitrogen and oxygen atoms in total. The van der Waals surface area contributed by atoms with E-state index in [0.29, 0.717) is 19.3 Å². The summed E-state index contributed by atoms with van der Waals surface area (Å²) in [5, 5.41) is 3.43. The van der Waals surface area contributed by atoms with Crippen LogP contribution in [-0.4, -0.2) is 32.5 Å². The van der Waals surface area contributed by atoms with Gasteiger partial charge in [-0.25, -0.2) is 0 Å². The summed E-state index contributed by atoms with van der Waals surface area (Å²) in [5.74, 6) is 1.75. The molecule has 1 N–H and O–H groups in total. The van der Waals surface area contributed by atoms with Crippen LogP contribution >= 0.6 is 0 Å². The maximum absolute atomic E-state index is 5.68. The van der Waals surface area contributed by atoms with E-state index in [1.54, 1.807) is 0 Å². The molecule has 0 saturated carbocycles. The Morgan fingerprint density at radius 3 is 3.00 bits per heavy atom. The Labute approximate surface area is 107 Å². The summed E-state index contributed by atoms with van der Waals surface area (Å²) in [5.41, 5.74) is 1.16. The first kappa shape index (κ1) is 11.8. The fourth-order valence-corrected chi connectivity index (χ4v) is 2.45. The van der Waals surface area contributed by atoms with Crippen LogP contribution in [0.5, 0.6) is 11.5 Å². The van der Waals surface area contributed by atoms with E-state index >= 15 is 0 Å². The average Bonchev–Trinajstić information content (AvgIpc) is 2.92. The van der Waals surface area contributed by atoms with E-state index in [1.807, 2.05) is 12.1 Å². The first-order chi connectivity index (χ1) is 8.93.